The lowest BCUT2D eigenvalue weighted by atomic mass is 10.1. The second kappa shape index (κ2) is 8.00. The highest BCUT2D eigenvalue weighted by Gasteiger charge is 2.28. The zero-order valence-electron chi connectivity index (χ0n) is 17.5. The predicted molar refractivity (Wildman–Crippen MR) is 125 cm³/mol. The van der Waals surface area contributed by atoms with Crippen LogP contribution in [0.25, 0.3) is 22.2 Å². The first-order valence-electron chi connectivity index (χ1n) is 9.55. The first-order chi connectivity index (χ1) is 15.0. The predicted octanol–water partition coefficient (Wildman–Crippen LogP) is 4.15. The summed E-state index contributed by atoms with van der Waals surface area (Å²) in [5, 5.41) is 0.617. The molecule has 166 valence electrons. The largest absolute Gasteiger partial charge is 0.269 e. The van der Waals surface area contributed by atoms with E-state index in [9.17, 15) is 16.8 Å². The first kappa shape index (κ1) is 22.5. The van der Waals surface area contributed by atoms with Crippen LogP contribution in [0.4, 0.5) is 0 Å². The van der Waals surface area contributed by atoms with Gasteiger partial charge in [0.05, 0.1) is 14.8 Å². The van der Waals surface area contributed by atoms with E-state index in [4.69, 9.17) is 11.6 Å². The number of nitrogens with zero attached hydrogens (tertiary/aromatic N) is 3. The van der Waals surface area contributed by atoms with Crippen molar-refractivity contribution in [1.29, 1.82) is 0 Å². The molecule has 0 radical (unpaired) electrons. The fraction of sp³-hybridized carbons (Fsp3) is 0.136. The van der Waals surface area contributed by atoms with E-state index in [1.807, 2.05) is 6.92 Å². The third-order valence-corrected chi connectivity index (χ3v) is 8.97. The molecule has 4 aromatic rings. The van der Waals surface area contributed by atoms with E-state index < -0.39 is 20.0 Å². The maximum Gasteiger partial charge on any atom is 0.269 e. The molecule has 0 saturated heterocycles. The molecule has 0 aliphatic carbocycles. The van der Waals surface area contributed by atoms with Crippen molar-refractivity contribution in [3.05, 3.63) is 77.6 Å². The molecule has 7 nitrogen and oxygen atoms in total. The fourth-order valence-electron chi connectivity index (χ4n) is 3.41. The molecule has 4 rings (SSSR count). The Hall–Kier alpha value is -2.72. The van der Waals surface area contributed by atoms with E-state index >= 15 is 0 Å². The van der Waals surface area contributed by atoms with E-state index in [2.05, 4.69) is 4.98 Å². The third-order valence-electron chi connectivity index (χ3n) is 5.12. The number of aromatic nitrogens is 2. The molecule has 0 saturated carbocycles. The molecule has 0 aliphatic rings. The van der Waals surface area contributed by atoms with Crippen molar-refractivity contribution in [3.8, 4) is 11.1 Å². The maximum atomic E-state index is 13.5. The Balaban J connectivity index is 2.07. The van der Waals surface area contributed by atoms with Gasteiger partial charge in [-0.15, -0.1) is 0 Å². The number of fused-ring (bicyclic) bond motifs is 1. The zero-order valence-corrected chi connectivity index (χ0v) is 19.9. The second-order valence-electron chi connectivity index (χ2n) is 7.43. The van der Waals surface area contributed by atoms with Crippen molar-refractivity contribution in [2.24, 2.45) is 0 Å². The number of aryl methyl sites for hydroxylation is 1. The summed E-state index contributed by atoms with van der Waals surface area (Å²) in [5.74, 6) is 0. The quantitative estimate of drug-likeness (QED) is 0.420. The molecular weight excluding hydrogens is 470 g/mol. The highest BCUT2D eigenvalue weighted by molar-refractivity contribution is 7.90. The number of hydrogen-bond acceptors (Lipinski definition) is 5. The van der Waals surface area contributed by atoms with Crippen LogP contribution in [0.15, 0.2) is 76.8 Å². The average molecular weight is 490 g/mol. The molecule has 0 atom stereocenters. The standard InChI is InChI=1S/C22H20ClN3O4S2/c1-15-8-10-16(11-9-15)31(27,28)26-14-18(21-19(23)12-13-24-22(21)26)17-6-4-5-7-20(17)32(29,30)25(2)3/h4-14H,1-3H3. The molecule has 0 amide bonds. The van der Waals surface area contributed by atoms with Gasteiger partial charge in [-0.2, -0.15) is 0 Å². The lowest BCUT2D eigenvalue weighted by Crippen LogP contribution is -2.22. The van der Waals surface area contributed by atoms with Gasteiger partial charge >= 0.3 is 0 Å². The SMILES string of the molecule is Cc1ccc(S(=O)(=O)n2cc(-c3ccccc3S(=O)(=O)N(C)C)c3c(Cl)ccnc32)cc1. The number of rotatable bonds is 5. The molecule has 0 spiro atoms. The van der Waals surface area contributed by atoms with Gasteiger partial charge in [-0.3, -0.25) is 0 Å². The van der Waals surface area contributed by atoms with Gasteiger partial charge < -0.3 is 0 Å². The molecule has 10 heteroatoms. The van der Waals surface area contributed by atoms with Crippen LogP contribution in [-0.2, 0) is 20.0 Å². The number of halogens is 1. The van der Waals surface area contributed by atoms with Crippen LogP contribution in [0.5, 0.6) is 0 Å². The van der Waals surface area contributed by atoms with E-state index in [1.165, 1.54) is 44.7 Å². The normalized spacial score (nSPS) is 12.5. The monoisotopic (exact) mass is 489 g/mol. The third kappa shape index (κ3) is 3.61. The molecule has 0 aliphatic heterocycles. The molecule has 0 unspecified atom stereocenters. The zero-order chi connectivity index (χ0) is 23.3. The lowest BCUT2D eigenvalue weighted by molar-refractivity contribution is 0.521. The molecule has 0 bridgehead atoms. The van der Waals surface area contributed by atoms with Gasteiger partial charge in [0, 0.05) is 43.0 Å². The number of benzene rings is 2. The Labute approximate surface area is 192 Å². The summed E-state index contributed by atoms with van der Waals surface area (Å²) in [6.07, 6.45) is 2.79. The van der Waals surface area contributed by atoms with Crippen LogP contribution in [0.3, 0.4) is 0 Å². The Morgan fingerprint density at radius 2 is 1.56 bits per heavy atom. The summed E-state index contributed by atoms with van der Waals surface area (Å²) < 4.78 is 55.0. The molecule has 2 heterocycles. The van der Waals surface area contributed by atoms with Crippen LogP contribution in [-0.4, -0.2) is 44.2 Å². The molecular formula is C22H20ClN3O4S2. The minimum atomic E-state index is -4.02. The van der Waals surface area contributed by atoms with Gasteiger partial charge in [0.1, 0.15) is 0 Å². The van der Waals surface area contributed by atoms with Crippen LogP contribution in [0, 0.1) is 6.92 Å². The molecule has 0 N–H and O–H groups in total. The first-order valence-corrected chi connectivity index (χ1v) is 12.8. The van der Waals surface area contributed by atoms with Gasteiger partial charge in [-0.05, 0) is 31.2 Å². The van der Waals surface area contributed by atoms with Gasteiger partial charge in [0.2, 0.25) is 10.0 Å². The van der Waals surface area contributed by atoms with Crippen LogP contribution < -0.4 is 0 Å². The van der Waals surface area contributed by atoms with Gasteiger partial charge in [-0.1, -0.05) is 47.5 Å². The summed E-state index contributed by atoms with van der Waals surface area (Å²) in [6, 6.07) is 14.4. The van der Waals surface area contributed by atoms with Crippen molar-refractivity contribution in [1.82, 2.24) is 13.3 Å². The summed E-state index contributed by atoms with van der Waals surface area (Å²) in [6.45, 7) is 1.86. The highest BCUT2D eigenvalue weighted by atomic mass is 35.5. The molecule has 2 aromatic carbocycles. The molecule has 0 fully saturated rings. The van der Waals surface area contributed by atoms with E-state index in [0.717, 1.165) is 13.8 Å². The van der Waals surface area contributed by atoms with Crippen LogP contribution in [0.2, 0.25) is 5.02 Å². The minimum Gasteiger partial charge on any atom is -0.237 e. The summed E-state index contributed by atoms with van der Waals surface area (Å²) in [7, 11) is -4.95. The van der Waals surface area contributed by atoms with Crippen molar-refractivity contribution < 1.29 is 16.8 Å². The molecule has 32 heavy (non-hydrogen) atoms. The van der Waals surface area contributed by atoms with E-state index in [1.54, 1.807) is 36.4 Å². The van der Waals surface area contributed by atoms with Gasteiger partial charge in [-0.25, -0.2) is 30.1 Å². The smallest absolute Gasteiger partial charge is 0.237 e. The summed E-state index contributed by atoms with van der Waals surface area (Å²) >= 11 is 6.46. The lowest BCUT2D eigenvalue weighted by Gasteiger charge is -2.15. The van der Waals surface area contributed by atoms with E-state index in [0.29, 0.717) is 16.5 Å². The van der Waals surface area contributed by atoms with Crippen molar-refractivity contribution in [3.63, 3.8) is 0 Å². The van der Waals surface area contributed by atoms with E-state index in [-0.39, 0.29) is 20.5 Å². The number of hydrogen-bond donors (Lipinski definition) is 0. The maximum absolute atomic E-state index is 13.5. The summed E-state index contributed by atoms with van der Waals surface area (Å²) in [4.78, 5) is 4.39. The van der Waals surface area contributed by atoms with Gasteiger partial charge in [0.15, 0.2) is 5.65 Å². The van der Waals surface area contributed by atoms with Crippen molar-refractivity contribution >= 4 is 42.7 Å². The Kier molecular flexibility index (Phi) is 5.62. The fourth-order valence-corrected chi connectivity index (χ4v) is 6.07. The highest BCUT2D eigenvalue weighted by Crippen LogP contribution is 2.39. The van der Waals surface area contributed by atoms with Crippen LogP contribution in [0.1, 0.15) is 5.56 Å². The minimum absolute atomic E-state index is 0.0386. The topological polar surface area (TPSA) is 89.3 Å². The molecule has 2 aromatic heterocycles. The number of sulfonamides is 1. The van der Waals surface area contributed by atoms with Crippen LogP contribution >= 0.6 is 11.6 Å². The van der Waals surface area contributed by atoms with Gasteiger partial charge in [0.25, 0.3) is 10.0 Å². The van der Waals surface area contributed by atoms with Crippen molar-refractivity contribution in [2.75, 3.05) is 14.1 Å². The Morgan fingerprint density at radius 3 is 2.22 bits per heavy atom. The summed E-state index contributed by atoms with van der Waals surface area (Å²) in [5.41, 5.74) is 1.73. The Morgan fingerprint density at radius 1 is 0.906 bits per heavy atom. The number of pyridine rings is 1. The Bertz CT molecular complexity index is 1540. The second-order valence-corrected chi connectivity index (χ2v) is 11.8. The van der Waals surface area contributed by atoms with Crippen molar-refractivity contribution in [2.45, 2.75) is 16.7 Å². The average Bonchev–Trinajstić information content (AvgIpc) is 3.16.